The van der Waals surface area contributed by atoms with Crippen molar-refractivity contribution < 1.29 is 18.4 Å². The summed E-state index contributed by atoms with van der Waals surface area (Å²) in [6.45, 7) is 1.78. The summed E-state index contributed by atoms with van der Waals surface area (Å²) >= 11 is 2.50. The molecule has 0 fully saturated rings. The molecule has 1 aromatic carbocycles. The Kier molecular flexibility index (Phi) is 5.71. The van der Waals surface area contributed by atoms with Gasteiger partial charge in [0.15, 0.2) is 5.01 Å². The number of amides is 1. The number of nitrogens with zero attached hydrogens (tertiary/aromatic N) is 2. The molecule has 0 unspecified atom stereocenters. The van der Waals surface area contributed by atoms with Crippen LogP contribution in [-0.2, 0) is 17.6 Å². The monoisotopic (exact) mass is 407 g/mol. The maximum atomic E-state index is 13.7. The summed E-state index contributed by atoms with van der Waals surface area (Å²) < 4.78 is 27.3. The minimum absolute atomic E-state index is 0.0153. The molecular weight excluding hydrogens is 392 g/mol. The van der Waals surface area contributed by atoms with Crippen LogP contribution in [0.3, 0.4) is 0 Å². The van der Waals surface area contributed by atoms with Crippen LogP contribution in [0.25, 0.3) is 10.6 Å². The van der Waals surface area contributed by atoms with Crippen molar-refractivity contribution in [2.75, 3.05) is 7.05 Å². The van der Waals surface area contributed by atoms with E-state index in [1.54, 1.807) is 12.3 Å². The molecule has 1 amide bonds. The van der Waals surface area contributed by atoms with E-state index in [0.29, 0.717) is 21.4 Å². The summed E-state index contributed by atoms with van der Waals surface area (Å²) in [4.78, 5) is 33.3. The number of thiazole rings is 2. The number of ketones is 1. The fourth-order valence-electron chi connectivity index (χ4n) is 2.46. The maximum absolute atomic E-state index is 13.7. The zero-order chi connectivity index (χ0) is 19.6. The molecule has 1 N–H and O–H groups in total. The number of hydrogen-bond acceptors (Lipinski definition) is 6. The molecule has 0 aliphatic rings. The summed E-state index contributed by atoms with van der Waals surface area (Å²) in [5, 5.41) is 5.18. The van der Waals surface area contributed by atoms with Gasteiger partial charge in [0.2, 0.25) is 0 Å². The molecule has 2 heterocycles. The quantitative estimate of drug-likeness (QED) is 0.678. The Bertz CT molecular complexity index is 994. The lowest BCUT2D eigenvalue weighted by molar-refractivity contribution is -0.117. The highest BCUT2D eigenvalue weighted by Gasteiger charge is 2.18. The first-order valence-corrected chi connectivity index (χ1v) is 9.67. The standard InChI is InChI=1S/C18H15F2N3O2S2/c1-9-16(27-18(22-9)17(25)21-2)14-8-26-15(23-14)7-10(24)6-11-12(19)4-3-5-13(11)20/h3-5,8H,6-7H2,1-2H3,(H,21,25). The van der Waals surface area contributed by atoms with Gasteiger partial charge in [-0.3, -0.25) is 9.59 Å². The Morgan fingerprint density at radius 1 is 1.15 bits per heavy atom. The highest BCUT2D eigenvalue weighted by Crippen LogP contribution is 2.31. The first kappa shape index (κ1) is 19.2. The van der Waals surface area contributed by atoms with Gasteiger partial charge in [0.25, 0.3) is 5.91 Å². The second-order valence-electron chi connectivity index (χ2n) is 5.73. The molecule has 0 aliphatic heterocycles. The van der Waals surface area contributed by atoms with Crippen LogP contribution >= 0.6 is 22.7 Å². The van der Waals surface area contributed by atoms with Gasteiger partial charge in [-0.1, -0.05) is 6.07 Å². The van der Waals surface area contributed by atoms with Gasteiger partial charge >= 0.3 is 0 Å². The Morgan fingerprint density at radius 3 is 2.52 bits per heavy atom. The van der Waals surface area contributed by atoms with Crippen LogP contribution in [0, 0.1) is 18.6 Å². The van der Waals surface area contributed by atoms with Gasteiger partial charge < -0.3 is 5.32 Å². The summed E-state index contributed by atoms with van der Waals surface area (Å²) in [7, 11) is 1.53. The molecule has 140 valence electrons. The zero-order valence-electron chi connectivity index (χ0n) is 14.5. The number of hydrogen-bond donors (Lipinski definition) is 1. The summed E-state index contributed by atoms with van der Waals surface area (Å²) in [5.74, 6) is -2.06. The van der Waals surface area contributed by atoms with Crippen molar-refractivity contribution in [3.63, 3.8) is 0 Å². The fraction of sp³-hybridized carbons (Fsp3) is 0.222. The van der Waals surface area contributed by atoms with Crippen LogP contribution in [0.5, 0.6) is 0 Å². The van der Waals surface area contributed by atoms with Crippen LogP contribution in [0.4, 0.5) is 8.78 Å². The summed E-state index contributed by atoms with van der Waals surface area (Å²) in [6.07, 6.45) is -0.341. The topological polar surface area (TPSA) is 72.0 Å². The van der Waals surface area contributed by atoms with Gasteiger partial charge in [-0.25, -0.2) is 18.7 Å². The molecule has 0 radical (unpaired) electrons. The Balaban J connectivity index is 1.74. The van der Waals surface area contributed by atoms with Gasteiger partial charge in [-0.05, 0) is 19.1 Å². The van der Waals surface area contributed by atoms with Gasteiger partial charge in [0, 0.05) is 24.4 Å². The SMILES string of the molecule is CNC(=O)c1nc(C)c(-c2csc(CC(=O)Cc3c(F)cccc3F)n2)s1. The molecule has 27 heavy (non-hydrogen) atoms. The summed E-state index contributed by atoms with van der Waals surface area (Å²) in [5.41, 5.74) is 1.08. The van der Waals surface area contributed by atoms with Crippen LogP contribution in [0.1, 0.15) is 26.1 Å². The predicted molar refractivity (Wildman–Crippen MR) is 100 cm³/mol. The average molecular weight is 407 g/mol. The number of rotatable bonds is 6. The minimum atomic E-state index is -0.731. The van der Waals surface area contributed by atoms with Crippen molar-refractivity contribution in [3.05, 3.63) is 56.5 Å². The number of benzene rings is 1. The van der Waals surface area contributed by atoms with E-state index >= 15 is 0 Å². The van der Waals surface area contributed by atoms with Gasteiger partial charge in [-0.15, -0.1) is 22.7 Å². The molecule has 2 aromatic heterocycles. The predicted octanol–water partition coefficient (Wildman–Crippen LogP) is 3.57. The van der Waals surface area contributed by atoms with E-state index in [4.69, 9.17) is 0 Å². The Morgan fingerprint density at radius 2 is 1.85 bits per heavy atom. The van der Waals surface area contributed by atoms with Crippen molar-refractivity contribution in [1.82, 2.24) is 15.3 Å². The van der Waals surface area contributed by atoms with Crippen LogP contribution in [0.2, 0.25) is 0 Å². The number of nitrogens with one attached hydrogen (secondary N) is 1. The number of halogens is 2. The maximum Gasteiger partial charge on any atom is 0.280 e. The average Bonchev–Trinajstić information content (AvgIpc) is 3.24. The lowest BCUT2D eigenvalue weighted by Gasteiger charge is -2.03. The Hall–Kier alpha value is -2.52. The lowest BCUT2D eigenvalue weighted by atomic mass is 10.1. The number of Topliss-reactive ketones (excluding diaryl/α,β-unsaturated/α-hetero) is 1. The molecule has 0 atom stereocenters. The van der Waals surface area contributed by atoms with E-state index in [0.717, 1.165) is 17.0 Å². The minimum Gasteiger partial charge on any atom is -0.353 e. The van der Waals surface area contributed by atoms with Crippen molar-refractivity contribution in [2.45, 2.75) is 19.8 Å². The number of aromatic nitrogens is 2. The van der Waals surface area contributed by atoms with E-state index < -0.39 is 11.6 Å². The fourth-order valence-corrected chi connectivity index (χ4v) is 4.33. The molecule has 0 bridgehead atoms. The highest BCUT2D eigenvalue weighted by molar-refractivity contribution is 7.17. The molecule has 0 spiro atoms. The number of carbonyl (C=O) groups excluding carboxylic acids is 2. The van der Waals surface area contributed by atoms with Gasteiger partial charge in [0.05, 0.1) is 22.7 Å². The van der Waals surface area contributed by atoms with Gasteiger partial charge in [-0.2, -0.15) is 0 Å². The Labute approximate surface area is 162 Å². The third kappa shape index (κ3) is 4.25. The van der Waals surface area contributed by atoms with Crippen LogP contribution in [0.15, 0.2) is 23.6 Å². The van der Waals surface area contributed by atoms with Crippen molar-refractivity contribution in [3.8, 4) is 10.6 Å². The van der Waals surface area contributed by atoms with E-state index in [-0.39, 0.29) is 30.1 Å². The first-order valence-electron chi connectivity index (χ1n) is 7.98. The number of carbonyl (C=O) groups is 2. The molecule has 0 saturated carbocycles. The van der Waals surface area contributed by atoms with Gasteiger partial charge in [0.1, 0.15) is 22.4 Å². The molecular formula is C18H15F2N3O2S2. The van der Waals surface area contributed by atoms with Crippen molar-refractivity contribution >= 4 is 34.4 Å². The van der Waals surface area contributed by atoms with E-state index in [1.807, 2.05) is 0 Å². The molecule has 9 heteroatoms. The highest BCUT2D eigenvalue weighted by atomic mass is 32.1. The van der Waals surface area contributed by atoms with E-state index in [9.17, 15) is 18.4 Å². The third-order valence-corrected chi connectivity index (χ3v) is 5.81. The second kappa shape index (κ2) is 8.01. The smallest absolute Gasteiger partial charge is 0.280 e. The van der Waals surface area contributed by atoms with Crippen LogP contribution in [-0.4, -0.2) is 28.7 Å². The molecule has 0 saturated heterocycles. The van der Waals surface area contributed by atoms with Crippen molar-refractivity contribution in [2.24, 2.45) is 0 Å². The summed E-state index contributed by atoms with van der Waals surface area (Å²) in [6, 6.07) is 3.52. The van der Waals surface area contributed by atoms with E-state index in [1.165, 1.54) is 35.8 Å². The van der Waals surface area contributed by atoms with Crippen LogP contribution < -0.4 is 5.32 Å². The van der Waals surface area contributed by atoms with Crippen molar-refractivity contribution in [1.29, 1.82) is 0 Å². The zero-order valence-corrected chi connectivity index (χ0v) is 16.1. The van der Waals surface area contributed by atoms with E-state index in [2.05, 4.69) is 15.3 Å². The molecule has 3 aromatic rings. The first-order chi connectivity index (χ1) is 12.9. The third-order valence-electron chi connectivity index (χ3n) is 3.79. The lowest BCUT2D eigenvalue weighted by Crippen LogP contribution is -2.17. The normalized spacial score (nSPS) is 10.8. The largest absolute Gasteiger partial charge is 0.353 e. The molecule has 5 nitrogen and oxygen atoms in total. The second-order valence-corrected chi connectivity index (χ2v) is 7.67. The molecule has 3 rings (SSSR count). The number of aryl methyl sites for hydroxylation is 1. The molecule has 0 aliphatic carbocycles.